The average Bonchev–Trinajstić information content (AvgIpc) is 2.28. The molecule has 0 saturated heterocycles. The van der Waals surface area contributed by atoms with Crippen molar-refractivity contribution in [3.8, 4) is 0 Å². The van der Waals surface area contributed by atoms with Crippen LogP contribution in [0.4, 0.5) is 0 Å². The van der Waals surface area contributed by atoms with E-state index < -0.39 is 0 Å². The number of amides is 1. The van der Waals surface area contributed by atoms with Crippen molar-refractivity contribution in [1.82, 2.24) is 5.32 Å². The van der Waals surface area contributed by atoms with Crippen molar-refractivity contribution in [3.05, 3.63) is 47.0 Å². The number of benzene rings is 1. The molecule has 0 fully saturated rings. The maximum absolute atomic E-state index is 10.1. The third-order valence-electron chi connectivity index (χ3n) is 1.84. The summed E-state index contributed by atoms with van der Waals surface area (Å²) in [5.74, 6) is 0.912. The molecule has 0 atom stereocenters. The molecule has 1 aromatic carbocycles. The van der Waals surface area contributed by atoms with E-state index in [1.54, 1.807) is 11.8 Å². The van der Waals surface area contributed by atoms with Crippen molar-refractivity contribution in [1.29, 1.82) is 0 Å². The van der Waals surface area contributed by atoms with E-state index in [2.05, 4.69) is 17.4 Å². The van der Waals surface area contributed by atoms with Gasteiger partial charge in [-0.3, -0.25) is 4.79 Å². The molecule has 0 unspecified atom stereocenters. The van der Waals surface area contributed by atoms with Crippen LogP contribution in [-0.4, -0.2) is 6.41 Å². The smallest absolute Gasteiger partial charge is 0.207 e. The van der Waals surface area contributed by atoms with Gasteiger partial charge in [-0.25, -0.2) is 0 Å². The molecule has 0 aliphatic carbocycles. The van der Waals surface area contributed by atoms with Crippen LogP contribution in [0.5, 0.6) is 0 Å². The predicted molar refractivity (Wildman–Crippen MR) is 64.0 cm³/mol. The molecule has 0 aromatic heterocycles. The van der Waals surface area contributed by atoms with Crippen molar-refractivity contribution in [3.63, 3.8) is 0 Å². The van der Waals surface area contributed by atoms with E-state index in [1.807, 2.05) is 17.5 Å². The second kappa shape index (κ2) is 6.95. The third-order valence-corrected chi connectivity index (χ3v) is 2.69. The van der Waals surface area contributed by atoms with Crippen LogP contribution in [0.15, 0.2) is 35.9 Å². The number of hydrogen-bond donors (Lipinski definition) is 2. The van der Waals surface area contributed by atoms with Gasteiger partial charge in [-0.2, -0.15) is 0 Å². The van der Waals surface area contributed by atoms with Crippen molar-refractivity contribution < 1.29 is 4.79 Å². The number of nitrogens with one attached hydrogen (secondary N) is 1. The Kier molecular flexibility index (Phi) is 5.40. The minimum absolute atomic E-state index is 0.583. The van der Waals surface area contributed by atoms with Crippen LogP contribution in [0.2, 0.25) is 0 Å². The van der Waals surface area contributed by atoms with Gasteiger partial charge in [0.15, 0.2) is 0 Å². The molecule has 0 bridgehead atoms. The lowest BCUT2D eigenvalue weighted by molar-refractivity contribution is -0.109. The lowest BCUT2D eigenvalue weighted by Crippen LogP contribution is -2.09. The Hall–Kier alpha value is -1.42. The lowest BCUT2D eigenvalue weighted by atomic mass is 10.1. The molecule has 3 nitrogen and oxygen atoms in total. The van der Waals surface area contributed by atoms with Crippen molar-refractivity contribution in [2.45, 2.75) is 12.3 Å². The fraction of sp³-hybridized carbons (Fsp3) is 0.182. The topological polar surface area (TPSA) is 55.1 Å². The molecule has 1 amide bonds. The van der Waals surface area contributed by atoms with Gasteiger partial charge in [-0.1, -0.05) is 24.3 Å². The van der Waals surface area contributed by atoms with E-state index in [0.29, 0.717) is 13.0 Å². The third kappa shape index (κ3) is 4.56. The Bertz CT molecular complexity index is 322. The monoisotopic (exact) mass is 222 g/mol. The van der Waals surface area contributed by atoms with Gasteiger partial charge in [-0.15, -0.1) is 11.8 Å². The predicted octanol–water partition coefficient (Wildman–Crippen LogP) is 1.60. The largest absolute Gasteiger partial charge is 0.404 e. The van der Waals surface area contributed by atoms with Gasteiger partial charge in [0.2, 0.25) is 6.41 Å². The Morgan fingerprint density at radius 2 is 1.93 bits per heavy atom. The van der Waals surface area contributed by atoms with Gasteiger partial charge in [0.05, 0.1) is 0 Å². The van der Waals surface area contributed by atoms with Crippen molar-refractivity contribution >= 4 is 18.2 Å². The first kappa shape index (κ1) is 11.7. The second-order valence-corrected chi connectivity index (χ2v) is 3.85. The molecule has 4 heteroatoms. The summed E-state index contributed by atoms with van der Waals surface area (Å²) in [5.41, 5.74) is 7.57. The van der Waals surface area contributed by atoms with Crippen LogP contribution in [0.1, 0.15) is 11.1 Å². The number of carbonyl (C=O) groups excluding carboxylic acids is 1. The van der Waals surface area contributed by atoms with E-state index in [0.717, 1.165) is 11.3 Å². The molecule has 0 aliphatic heterocycles. The van der Waals surface area contributed by atoms with Crippen LogP contribution in [-0.2, 0) is 17.1 Å². The highest BCUT2D eigenvalue weighted by Crippen LogP contribution is 2.13. The summed E-state index contributed by atoms with van der Waals surface area (Å²) in [6.07, 6.45) is 2.24. The molecule has 3 N–H and O–H groups in total. The minimum Gasteiger partial charge on any atom is -0.404 e. The van der Waals surface area contributed by atoms with Gasteiger partial charge in [-0.05, 0) is 16.5 Å². The number of nitrogens with two attached hydrogens (primary N) is 1. The molecule has 0 spiro atoms. The van der Waals surface area contributed by atoms with E-state index in [1.165, 1.54) is 11.8 Å². The van der Waals surface area contributed by atoms with E-state index in [9.17, 15) is 4.79 Å². The molecule has 0 aliphatic rings. The van der Waals surface area contributed by atoms with Crippen LogP contribution in [0.25, 0.3) is 0 Å². The van der Waals surface area contributed by atoms with Gasteiger partial charge in [0, 0.05) is 18.5 Å². The zero-order chi connectivity index (χ0) is 10.9. The summed E-state index contributed by atoms with van der Waals surface area (Å²) >= 11 is 1.65. The van der Waals surface area contributed by atoms with Crippen LogP contribution in [0, 0.1) is 0 Å². The van der Waals surface area contributed by atoms with Crippen molar-refractivity contribution in [2.75, 3.05) is 0 Å². The Balaban J connectivity index is 2.44. The Labute approximate surface area is 93.7 Å². The Morgan fingerprint density at radius 1 is 1.27 bits per heavy atom. The summed E-state index contributed by atoms with van der Waals surface area (Å²) in [5, 5.41) is 4.49. The fourth-order valence-corrected chi connectivity index (χ4v) is 1.70. The van der Waals surface area contributed by atoms with Gasteiger partial charge >= 0.3 is 0 Å². The summed E-state index contributed by atoms with van der Waals surface area (Å²) < 4.78 is 0. The maximum atomic E-state index is 10.1. The summed E-state index contributed by atoms with van der Waals surface area (Å²) in [7, 11) is 0. The number of carbonyl (C=O) groups is 1. The highest BCUT2D eigenvalue weighted by atomic mass is 32.2. The van der Waals surface area contributed by atoms with Gasteiger partial charge < -0.3 is 11.1 Å². The Morgan fingerprint density at radius 3 is 2.53 bits per heavy atom. The van der Waals surface area contributed by atoms with Crippen molar-refractivity contribution in [2.24, 2.45) is 5.73 Å². The zero-order valence-electron chi connectivity index (χ0n) is 8.35. The van der Waals surface area contributed by atoms with Crippen LogP contribution < -0.4 is 11.1 Å². The minimum atomic E-state index is 0.583. The number of thioether (sulfide) groups is 1. The molecule has 0 heterocycles. The SMILES string of the molecule is N/C=C\SCc1ccc(CNC=O)cc1. The number of rotatable bonds is 6. The highest BCUT2D eigenvalue weighted by Gasteiger charge is 1.93. The summed E-state index contributed by atoms with van der Waals surface area (Å²) in [6.45, 7) is 0.583. The molecule has 1 rings (SSSR count). The second-order valence-electron chi connectivity index (χ2n) is 2.95. The number of hydrogen-bond acceptors (Lipinski definition) is 3. The molecular formula is C11H14N2OS. The van der Waals surface area contributed by atoms with E-state index in [-0.39, 0.29) is 0 Å². The van der Waals surface area contributed by atoms with Crippen LogP contribution in [0.3, 0.4) is 0 Å². The molecule has 80 valence electrons. The first-order chi connectivity index (χ1) is 7.36. The first-order valence-corrected chi connectivity index (χ1v) is 5.65. The normalized spacial score (nSPS) is 10.4. The molecule has 0 saturated carbocycles. The highest BCUT2D eigenvalue weighted by molar-refractivity contribution is 8.01. The quantitative estimate of drug-likeness (QED) is 0.719. The molecule has 0 radical (unpaired) electrons. The summed E-state index contributed by atoms with van der Waals surface area (Å²) in [4.78, 5) is 10.1. The lowest BCUT2D eigenvalue weighted by Gasteiger charge is -2.02. The maximum Gasteiger partial charge on any atom is 0.207 e. The average molecular weight is 222 g/mol. The fourth-order valence-electron chi connectivity index (χ4n) is 1.11. The van der Waals surface area contributed by atoms with Crippen LogP contribution >= 0.6 is 11.8 Å². The summed E-state index contributed by atoms with van der Waals surface area (Å²) in [6, 6.07) is 8.13. The van der Waals surface area contributed by atoms with E-state index in [4.69, 9.17) is 5.73 Å². The molecular weight excluding hydrogens is 208 g/mol. The zero-order valence-corrected chi connectivity index (χ0v) is 9.17. The van der Waals surface area contributed by atoms with Gasteiger partial charge in [0.1, 0.15) is 0 Å². The van der Waals surface area contributed by atoms with E-state index >= 15 is 0 Å². The first-order valence-electron chi connectivity index (χ1n) is 4.60. The van der Waals surface area contributed by atoms with Gasteiger partial charge in [0.25, 0.3) is 0 Å². The molecule has 15 heavy (non-hydrogen) atoms. The standard InChI is InChI=1S/C11H14N2OS/c12-5-6-15-8-11-3-1-10(2-4-11)7-13-9-14/h1-6,9H,7-8,12H2,(H,13,14)/b6-5-. The molecule has 1 aromatic rings.